The molecule has 1 N–H and O–H groups in total. The first kappa shape index (κ1) is 19.0. The van der Waals surface area contributed by atoms with E-state index in [0.29, 0.717) is 18.2 Å². The lowest BCUT2D eigenvalue weighted by atomic mass is 9.98. The maximum atomic E-state index is 12.6. The first-order valence-electron chi connectivity index (χ1n) is 9.37. The van der Waals surface area contributed by atoms with Gasteiger partial charge in [0.15, 0.2) is 0 Å². The lowest BCUT2D eigenvalue weighted by Gasteiger charge is -2.17. The number of hydrogen-bond donors (Lipinski definition) is 1. The number of nitrogens with one attached hydrogen (secondary N) is 1. The number of rotatable bonds is 6. The summed E-state index contributed by atoms with van der Waals surface area (Å²) in [5.41, 5.74) is 2.78. The van der Waals surface area contributed by atoms with Gasteiger partial charge in [-0.2, -0.15) is 0 Å². The molecule has 2 amide bonds. The highest BCUT2D eigenvalue weighted by Crippen LogP contribution is 2.29. The van der Waals surface area contributed by atoms with Crippen LogP contribution >= 0.6 is 0 Å². The van der Waals surface area contributed by atoms with Crippen LogP contribution in [0.15, 0.2) is 48.5 Å². The molecule has 27 heavy (non-hydrogen) atoms. The first-order chi connectivity index (χ1) is 13.0. The fourth-order valence-corrected chi connectivity index (χ4v) is 3.29. The van der Waals surface area contributed by atoms with Crippen molar-refractivity contribution in [3.8, 4) is 5.75 Å². The normalized spacial score (nSPS) is 17.7. The monoisotopic (exact) mass is 366 g/mol. The van der Waals surface area contributed by atoms with Crippen molar-refractivity contribution in [1.29, 1.82) is 0 Å². The van der Waals surface area contributed by atoms with Crippen LogP contribution < -0.4 is 15.0 Å². The van der Waals surface area contributed by atoms with Gasteiger partial charge in [0.1, 0.15) is 5.75 Å². The standard InChI is InChI=1S/C22H26N2O3/c1-4-15(2)16-8-10-18(11-9-16)23-22(26)17-12-21(25)24(14-17)19-6-5-7-20(13-19)27-3/h5-11,13,15,17H,4,12,14H2,1-3H3,(H,23,26)/t15-,17+/m0/s1. The van der Waals surface area contributed by atoms with Gasteiger partial charge in [-0.3, -0.25) is 9.59 Å². The fourth-order valence-electron chi connectivity index (χ4n) is 3.29. The lowest BCUT2D eigenvalue weighted by molar-refractivity contribution is -0.122. The van der Waals surface area contributed by atoms with Crippen molar-refractivity contribution in [3.05, 3.63) is 54.1 Å². The minimum absolute atomic E-state index is 0.0458. The molecule has 0 spiro atoms. The van der Waals surface area contributed by atoms with E-state index in [4.69, 9.17) is 4.74 Å². The third kappa shape index (κ3) is 4.30. The summed E-state index contributed by atoms with van der Waals surface area (Å²) >= 11 is 0. The second-order valence-electron chi connectivity index (χ2n) is 7.03. The lowest BCUT2D eigenvalue weighted by Crippen LogP contribution is -2.28. The van der Waals surface area contributed by atoms with Gasteiger partial charge in [-0.1, -0.05) is 32.0 Å². The molecule has 0 radical (unpaired) electrons. The Kier molecular flexibility index (Phi) is 5.79. The molecule has 5 nitrogen and oxygen atoms in total. The van der Waals surface area contributed by atoms with Gasteiger partial charge >= 0.3 is 0 Å². The van der Waals surface area contributed by atoms with Crippen LogP contribution in [0.25, 0.3) is 0 Å². The van der Waals surface area contributed by atoms with Crippen LogP contribution in [-0.4, -0.2) is 25.5 Å². The summed E-state index contributed by atoms with van der Waals surface area (Å²) in [6, 6.07) is 15.3. The van der Waals surface area contributed by atoms with Crippen molar-refractivity contribution in [2.24, 2.45) is 5.92 Å². The molecule has 1 aliphatic rings. The minimum atomic E-state index is -0.363. The highest BCUT2D eigenvalue weighted by atomic mass is 16.5. The van der Waals surface area contributed by atoms with Crippen LogP contribution in [0.2, 0.25) is 0 Å². The third-order valence-electron chi connectivity index (χ3n) is 5.22. The molecule has 2 atom stereocenters. The van der Waals surface area contributed by atoms with Crippen molar-refractivity contribution in [2.45, 2.75) is 32.6 Å². The molecular weight excluding hydrogens is 340 g/mol. The van der Waals surface area contributed by atoms with E-state index in [9.17, 15) is 9.59 Å². The summed E-state index contributed by atoms with van der Waals surface area (Å²) in [6.45, 7) is 4.72. The Balaban J connectivity index is 1.65. The van der Waals surface area contributed by atoms with Crippen molar-refractivity contribution in [2.75, 3.05) is 23.9 Å². The maximum absolute atomic E-state index is 12.6. The Morgan fingerprint density at radius 3 is 2.67 bits per heavy atom. The number of carbonyl (C=O) groups is 2. The molecule has 1 fully saturated rings. The molecule has 3 rings (SSSR count). The first-order valence-corrected chi connectivity index (χ1v) is 9.37. The topological polar surface area (TPSA) is 58.6 Å². The molecule has 0 unspecified atom stereocenters. The molecular formula is C22H26N2O3. The van der Waals surface area contributed by atoms with Gasteiger partial charge in [0.2, 0.25) is 11.8 Å². The van der Waals surface area contributed by atoms with Gasteiger partial charge in [-0.15, -0.1) is 0 Å². The highest BCUT2D eigenvalue weighted by molar-refractivity contribution is 6.03. The van der Waals surface area contributed by atoms with Gasteiger partial charge in [-0.25, -0.2) is 0 Å². The summed E-state index contributed by atoms with van der Waals surface area (Å²) < 4.78 is 5.22. The largest absolute Gasteiger partial charge is 0.497 e. The second-order valence-corrected chi connectivity index (χ2v) is 7.03. The zero-order valence-electron chi connectivity index (χ0n) is 16.1. The molecule has 0 bridgehead atoms. The Bertz CT molecular complexity index is 817. The predicted molar refractivity (Wildman–Crippen MR) is 107 cm³/mol. The van der Waals surface area contributed by atoms with Crippen molar-refractivity contribution < 1.29 is 14.3 Å². The van der Waals surface area contributed by atoms with Gasteiger partial charge < -0.3 is 15.0 Å². The van der Waals surface area contributed by atoms with Crippen LogP contribution in [0.1, 0.15) is 38.2 Å². The Labute approximate surface area is 160 Å². The van der Waals surface area contributed by atoms with Gasteiger partial charge in [0.05, 0.1) is 13.0 Å². The van der Waals surface area contributed by atoms with E-state index in [1.807, 2.05) is 48.5 Å². The fraction of sp³-hybridized carbons (Fsp3) is 0.364. The molecule has 0 aliphatic carbocycles. The third-order valence-corrected chi connectivity index (χ3v) is 5.22. The molecule has 1 heterocycles. The van der Waals surface area contributed by atoms with Crippen LogP contribution in [0, 0.1) is 5.92 Å². The summed E-state index contributed by atoms with van der Waals surface area (Å²) in [4.78, 5) is 26.7. The Hall–Kier alpha value is -2.82. The number of carbonyl (C=O) groups excluding carboxylic acids is 2. The van der Waals surface area contributed by atoms with E-state index in [0.717, 1.165) is 17.8 Å². The molecule has 2 aromatic rings. The Morgan fingerprint density at radius 2 is 2.00 bits per heavy atom. The second kappa shape index (κ2) is 8.25. The van der Waals surface area contributed by atoms with E-state index in [-0.39, 0.29) is 24.2 Å². The molecule has 142 valence electrons. The molecule has 0 aromatic heterocycles. The summed E-state index contributed by atoms with van der Waals surface area (Å²) in [6.07, 6.45) is 1.30. The van der Waals surface area contributed by atoms with E-state index in [1.54, 1.807) is 12.0 Å². The molecule has 1 aliphatic heterocycles. The number of hydrogen-bond acceptors (Lipinski definition) is 3. The highest BCUT2D eigenvalue weighted by Gasteiger charge is 2.35. The number of ether oxygens (including phenoxy) is 1. The maximum Gasteiger partial charge on any atom is 0.229 e. The SMILES string of the molecule is CC[C@H](C)c1ccc(NC(=O)[C@@H]2CC(=O)N(c3cccc(OC)c3)C2)cc1. The number of amides is 2. The van der Waals surface area contributed by atoms with Crippen LogP contribution in [0.3, 0.4) is 0 Å². The van der Waals surface area contributed by atoms with Gasteiger partial charge in [-0.05, 0) is 42.2 Å². The van der Waals surface area contributed by atoms with E-state index in [2.05, 4.69) is 19.2 Å². The van der Waals surface area contributed by atoms with Crippen molar-refractivity contribution in [1.82, 2.24) is 0 Å². The van der Waals surface area contributed by atoms with E-state index in [1.165, 1.54) is 5.56 Å². The minimum Gasteiger partial charge on any atom is -0.497 e. The van der Waals surface area contributed by atoms with Crippen LogP contribution in [0.4, 0.5) is 11.4 Å². The number of anilines is 2. The predicted octanol–water partition coefficient (Wildman–Crippen LogP) is 4.20. The van der Waals surface area contributed by atoms with Crippen LogP contribution in [-0.2, 0) is 9.59 Å². The Morgan fingerprint density at radius 1 is 1.26 bits per heavy atom. The molecule has 5 heteroatoms. The van der Waals surface area contributed by atoms with Gasteiger partial charge in [0.25, 0.3) is 0 Å². The smallest absolute Gasteiger partial charge is 0.229 e. The zero-order chi connectivity index (χ0) is 19.4. The number of methoxy groups -OCH3 is 1. The molecule has 1 saturated heterocycles. The van der Waals surface area contributed by atoms with Crippen LogP contribution in [0.5, 0.6) is 5.75 Å². The zero-order valence-corrected chi connectivity index (χ0v) is 16.1. The van der Waals surface area contributed by atoms with Crippen molar-refractivity contribution >= 4 is 23.2 Å². The van der Waals surface area contributed by atoms with Gasteiger partial charge in [0, 0.05) is 30.4 Å². The summed E-state index contributed by atoms with van der Waals surface area (Å²) in [5.74, 6) is 0.659. The quantitative estimate of drug-likeness (QED) is 0.833. The molecule has 2 aromatic carbocycles. The number of benzene rings is 2. The van der Waals surface area contributed by atoms with Crippen molar-refractivity contribution in [3.63, 3.8) is 0 Å². The summed E-state index contributed by atoms with van der Waals surface area (Å²) in [7, 11) is 1.59. The van der Waals surface area contributed by atoms with E-state index >= 15 is 0 Å². The average molecular weight is 366 g/mol. The summed E-state index contributed by atoms with van der Waals surface area (Å²) in [5, 5.41) is 2.94. The number of nitrogens with zero attached hydrogens (tertiary/aromatic N) is 1. The molecule has 0 saturated carbocycles. The average Bonchev–Trinajstić information content (AvgIpc) is 3.10. The van der Waals surface area contributed by atoms with E-state index < -0.39 is 0 Å².